The second-order valence-corrected chi connectivity index (χ2v) is 7.91. The molecule has 0 saturated carbocycles. The van der Waals surface area contributed by atoms with Crippen LogP contribution in [-0.4, -0.2) is 33.3 Å². The van der Waals surface area contributed by atoms with E-state index in [1.807, 2.05) is 6.92 Å². The minimum absolute atomic E-state index is 0.121. The van der Waals surface area contributed by atoms with Crippen LogP contribution in [0.25, 0.3) is 0 Å². The summed E-state index contributed by atoms with van der Waals surface area (Å²) in [5.41, 5.74) is 0.634. The Hall–Kier alpha value is -1.72. The van der Waals surface area contributed by atoms with Gasteiger partial charge in [-0.05, 0) is 31.2 Å². The van der Waals surface area contributed by atoms with Gasteiger partial charge in [-0.15, -0.1) is 0 Å². The monoisotopic (exact) mass is 414 g/mol. The molecule has 0 spiro atoms. The Labute approximate surface area is 163 Å². The smallest absolute Gasteiger partial charge is 0.242 e. The molecule has 8 nitrogen and oxygen atoms in total. The van der Waals surface area contributed by atoms with Crippen molar-refractivity contribution in [2.24, 2.45) is 0 Å². The summed E-state index contributed by atoms with van der Waals surface area (Å²) in [4.78, 5) is -0.155. The van der Waals surface area contributed by atoms with E-state index < -0.39 is 15.2 Å². The zero-order valence-electron chi connectivity index (χ0n) is 14.8. The highest BCUT2D eigenvalue weighted by atomic mass is 35.5. The number of hydrogen-bond donors (Lipinski definition) is 5. The highest BCUT2D eigenvalue weighted by Crippen LogP contribution is 2.30. The molecule has 2 aromatic rings. The Kier molecular flexibility index (Phi) is 7.99. The van der Waals surface area contributed by atoms with Crippen molar-refractivity contribution in [2.45, 2.75) is 18.2 Å². The summed E-state index contributed by atoms with van der Waals surface area (Å²) in [6.07, 6.45) is 0.944. The van der Waals surface area contributed by atoms with Crippen LogP contribution in [-0.2, 0) is 10.0 Å². The van der Waals surface area contributed by atoms with E-state index in [4.69, 9.17) is 11.6 Å². The number of quaternary nitrogens is 1. The van der Waals surface area contributed by atoms with E-state index in [0.717, 1.165) is 19.0 Å². The number of para-hydroxylation sites is 1. The van der Waals surface area contributed by atoms with Crippen LogP contribution in [0.15, 0.2) is 47.4 Å². The van der Waals surface area contributed by atoms with E-state index in [2.05, 4.69) is 15.4 Å². The second kappa shape index (κ2) is 10.00. The van der Waals surface area contributed by atoms with E-state index in [0.29, 0.717) is 17.3 Å². The van der Waals surface area contributed by atoms with Gasteiger partial charge in [0.05, 0.1) is 16.4 Å². The van der Waals surface area contributed by atoms with Crippen molar-refractivity contribution in [1.82, 2.24) is 10.0 Å². The second-order valence-electron chi connectivity index (χ2n) is 5.77. The van der Waals surface area contributed by atoms with Crippen molar-refractivity contribution >= 4 is 38.7 Å². The third-order valence-electron chi connectivity index (χ3n) is 3.68. The van der Waals surface area contributed by atoms with Gasteiger partial charge in [0.2, 0.25) is 10.0 Å². The Balaban J connectivity index is 2.30. The van der Waals surface area contributed by atoms with Crippen molar-refractivity contribution in [3.05, 3.63) is 52.7 Å². The molecule has 0 fully saturated rings. The molecule has 0 aromatic heterocycles. The van der Waals surface area contributed by atoms with Crippen LogP contribution in [0.1, 0.15) is 13.3 Å². The highest BCUT2D eigenvalue weighted by Gasteiger charge is 2.21. The van der Waals surface area contributed by atoms with Crippen LogP contribution in [0.4, 0.5) is 17.1 Å². The number of benzene rings is 2. The van der Waals surface area contributed by atoms with Crippen LogP contribution in [0, 0.1) is 5.21 Å². The standard InChI is InChI=1S/C17H23ClN4O4S/c1-2-9-19-10-11-20-27(25,26)17-12-13(22(23)24)7-8-16(17)21-15-6-4-3-5-14(15)18/h3-8,12,19-23H,2,9-11H2,1H3. The summed E-state index contributed by atoms with van der Waals surface area (Å²) in [5.74, 6) is 0. The van der Waals surface area contributed by atoms with Crippen LogP contribution < -0.4 is 20.6 Å². The Morgan fingerprint density at radius 2 is 1.85 bits per heavy atom. The first-order valence-corrected chi connectivity index (χ1v) is 10.3. The maximum Gasteiger partial charge on any atom is 0.242 e. The molecule has 0 aliphatic carbocycles. The fourth-order valence-electron chi connectivity index (χ4n) is 2.34. The SMILES string of the molecule is CCCNCCNS(=O)(=O)c1cc([NH+]([O-])O)ccc1Nc1ccccc1Cl. The first kappa shape index (κ1) is 21.6. The zero-order valence-corrected chi connectivity index (χ0v) is 16.4. The molecule has 2 rings (SSSR count). The fourth-order valence-corrected chi connectivity index (χ4v) is 3.74. The van der Waals surface area contributed by atoms with Gasteiger partial charge in [-0.25, -0.2) is 18.3 Å². The first-order chi connectivity index (χ1) is 12.8. The summed E-state index contributed by atoms with van der Waals surface area (Å²) >= 11 is 6.12. The van der Waals surface area contributed by atoms with Gasteiger partial charge in [-0.1, -0.05) is 30.7 Å². The third-order valence-corrected chi connectivity index (χ3v) is 5.51. The molecule has 10 heteroatoms. The molecular weight excluding hydrogens is 392 g/mol. The summed E-state index contributed by atoms with van der Waals surface area (Å²) in [5, 5.41) is 25.7. The van der Waals surface area contributed by atoms with Crippen molar-refractivity contribution in [1.29, 1.82) is 0 Å². The van der Waals surface area contributed by atoms with Gasteiger partial charge < -0.3 is 15.8 Å². The fraction of sp³-hybridized carbons (Fsp3) is 0.294. The van der Waals surface area contributed by atoms with Crippen LogP contribution in [0.2, 0.25) is 5.02 Å². The van der Waals surface area contributed by atoms with Gasteiger partial charge in [0.1, 0.15) is 4.90 Å². The minimum atomic E-state index is -3.93. The lowest BCUT2D eigenvalue weighted by Gasteiger charge is -2.17. The molecular formula is C17H23ClN4O4S. The van der Waals surface area contributed by atoms with Crippen LogP contribution >= 0.6 is 11.6 Å². The minimum Gasteiger partial charge on any atom is -0.595 e. The molecule has 0 bridgehead atoms. The Morgan fingerprint density at radius 3 is 2.52 bits per heavy atom. The molecule has 0 radical (unpaired) electrons. The van der Waals surface area contributed by atoms with Gasteiger partial charge in [0, 0.05) is 25.2 Å². The lowest BCUT2D eigenvalue weighted by Crippen LogP contribution is -2.99. The van der Waals surface area contributed by atoms with Crippen molar-refractivity contribution in [2.75, 3.05) is 25.0 Å². The number of anilines is 2. The summed E-state index contributed by atoms with van der Waals surface area (Å²) in [6.45, 7) is 3.46. The predicted molar refractivity (Wildman–Crippen MR) is 105 cm³/mol. The van der Waals surface area contributed by atoms with Gasteiger partial charge in [-0.2, -0.15) is 5.23 Å². The number of halogens is 1. The molecule has 5 N–H and O–H groups in total. The van der Waals surface area contributed by atoms with E-state index in [1.54, 1.807) is 24.3 Å². The molecule has 1 unspecified atom stereocenters. The summed E-state index contributed by atoms with van der Waals surface area (Å²) in [6, 6.07) is 10.8. The lowest BCUT2D eigenvalue weighted by molar-refractivity contribution is -0.991. The molecule has 0 aliphatic rings. The molecule has 148 valence electrons. The molecule has 0 amide bonds. The Bertz CT molecular complexity index is 862. The molecule has 0 heterocycles. The topological polar surface area (TPSA) is 118 Å². The maximum atomic E-state index is 12.7. The average molecular weight is 415 g/mol. The average Bonchev–Trinajstić information content (AvgIpc) is 2.63. The van der Waals surface area contributed by atoms with Crippen molar-refractivity contribution < 1.29 is 18.9 Å². The third kappa shape index (κ3) is 6.15. The normalized spacial score (nSPS) is 12.7. The Morgan fingerprint density at radius 1 is 1.11 bits per heavy atom. The maximum absolute atomic E-state index is 12.7. The van der Waals surface area contributed by atoms with E-state index in [1.165, 1.54) is 12.1 Å². The van der Waals surface area contributed by atoms with Gasteiger partial charge in [0.25, 0.3) is 0 Å². The number of sulfonamides is 1. The van der Waals surface area contributed by atoms with E-state index in [9.17, 15) is 18.8 Å². The quantitative estimate of drug-likeness (QED) is 0.298. The lowest BCUT2D eigenvalue weighted by atomic mass is 10.2. The zero-order chi connectivity index (χ0) is 19.9. The largest absolute Gasteiger partial charge is 0.595 e. The molecule has 0 saturated heterocycles. The number of nitrogens with one attached hydrogen (secondary N) is 4. The molecule has 1 atom stereocenters. The van der Waals surface area contributed by atoms with E-state index >= 15 is 0 Å². The summed E-state index contributed by atoms with van der Waals surface area (Å²) < 4.78 is 27.9. The van der Waals surface area contributed by atoms with Crippen LogP contribution in [0.5, 0.6) is 0 Å². The predicted octanol–water partition coefficient (Wildman–Crippen LogP) is 1.76. The van der Waals surface area contributed by atoms with Crippen molar-refractivity contribution in [3.63, 3.8) is 0 Å². The number of hydrogen-bond acceptors (Lipinski definition) is 6. The number of rotatable bonds is 10. The van der Waals surface area contributed by atoms with E-state index in [-0.39, 0.29) is 22.8 Å². The first-order valence-electron chi connectivity index (χ1n) is 8.44. The highest BCUT2D eigenvalue weighted by molar-refractivity contribution is 7.89. The van der Waals surface area contributed by atoms with Crippen molar-refractivity contribution in [3.8, 4) is 0 Å². The molecule has 0 aliphatic heterocycles. The molecule has 27 heavy (non-hydrogen) atoms. The van der Waals surface area contributed by atoms with Gasteiger partial charge in [0.15, 0.2) is 5.69 Å². The molecule has 2 aromatic carbocycles. The van der Waals surface area contributed by atoms with Gasteiger partial charge >= 0.3 is 0 Å². The van der Waals surface area contributed by atoms with Crippen LogP contribution in [0.3, 0.4) is 0 Å². The van der Waals surface area contributed by atoms with Gasteiger partial charge in [-0.3, -0.25) is 0 Å². The summed E-state index contributed by atoms with van der Waals surface area (Å²) in [7, 11) is -3.93.